The summed E-state index contributed by atoms with van der Waals surface area (Å²) in [6.07, 6.45) is 4.07. The molecule has 5 heteroatoms. The first-order valence-electron chi connectivity index (χ1n) is 7.75. The van der Waals surface area contributed by atoms with Gasteiger partial charge < -0.3 is 15.2 Å². The van der Waals surface area contributed by atoms with Gasteiger partial charge in [-0.15, -0.1) is 0 Å². The van der Waals surface area contributed by atoms with E-state index in [1.54, 1.807) is 0 Å². The Labute approximate surface area is 122 Å². The molecule has 1 heterocycles. The molecule has 0 bridgehead atoms. The molecule has 0 fully saturated rings. The Hall–Kier alpha value is -1.52. The molecule has 2 N–H and O–H groups in total. The Morgan fingerprint density at radius 2 is 1.95 bits per heavy atom. The number of guanidine groups is 1. The third-order valence-electron chi connectivity index (χ3n) is 3.17. The number of hydrogen-bond donors (Lipinski definition) is 2. The molecule has 114 valence electrons. The van der Waals surface area contributed by atoms with Crippen LogP contribution in [0.5, 0.6) is 0 Å². The standard InChI is InChI=1S/C15H28N4O/c1-5-9-10-17-15(16-8-4)18-11-12-13(6-2)19-20-14(12)7-3/h5-11H2,1-4H3,(H2,16,17,18). The lowest BCUT2D eigenvalue weighted by Gasteiger charge is -2.10. The van der Waals surface area contributed by atoms with Crippen molar-refractivity contribution >= 4 is 5.96 Å². The zero-order chi connectivity index (χ0) is 14.8. The van der Waals surface area contributed by atoms with E-state index in [4.69, 9.17) is 4.52 Å². The summed E-state index contributed by atoms with van der Waals surface area (Å²) in [4.78, 5) is 4.64. The van der Waals surface area contributed by atoms with Crippen molar-refractivity contribution < 1.29 is 4.52 Å². The van der Waals surface area contributed by atoms with Crippen LogP contribution in [0.25, 0.3) is 0 Å². The van der Waals surface area contributed by atoms with Crippen molar-refractivity contribution in [1.82, 2.24) is 15.8 Å². The van der Waals surface area contributed by atoms with Crippen LogP contribution < -0.4 is 10.6 Å². The highest BCUT2D eigenvalue weighted by atomic mass is 16.5. The Morgan fingerprint density at radius 3 is 2.55 bits per heavy atom. The largest absolute Gasteiger partial charge is 0.361 e. The molecule has 0 aromatic carbocycles. The molecule has 0 saturated heterocycles. The van der Waals surface area contributed by atoms with Gasteiger partial charge in [0.2, 0.25) is 0 Å². The van der Waals surface area contributed by atoms with Crippen LogP contribution >= 0.6 is 0 Å². The van der Waals surface area contributed by atoms with Crippen LogP contribution in [-0.2, 0) is 19.4 Å². The van der Waals surface area contributed by atoms with E-state index in [0.29, 0.717) is 6.54 Å². The fraction of sp³-hybridized carbons (Fsp3) is 0.733. The van der Waals surface area contributed by atoms with E-state index in [9.17, 15) is 0 Å². The van der Waals surface area contributed by atoms with Gasteiger partial charge in [0.25, 0.3) is 0 Å². The van der Waals surface area contributed by atoms with Gasteiger partial charge in [-0.05, 0) is 19.8 Å². The molecular formula is C15H28N4O. The molecule has 0 radical (unpaired) electrons. The average molecular weight is 280 g/mol. The predicted octanol–water partition coefficient (Wildman–Crippen LogP) is 2.65. The Balaban J connectivity index is 2.72. The molecule has 20 heavy (non-hydrogen) atoms. The summed E-state index contributed by atoms with van der Waals surface area (Å²) in [5.41, 5.74) is 2.16. The molecule has 0 atom stereocenters. The molecule has 0 saturated carbocycles. The number of aromatic nitrogens is 1. The molecule has 0 amide bonds. The van der Waals surface area contributed by atoms with Crippen LogP contribution in [0, 0.1) is 0 Å². The summed E-state index contributed by atoms with van der Waals surface area (Å²) in [6.45, 7) is 10.9. The van der Waals surface area contributed by atoms with Crippen LogP contribution in [-0.4, -0.2) is 24.2 Å². The van der Waals surface area contributed by atoms with E-state index < -0.39 is 0 Å². The predicted molar refractivity (Wildman–Crippen MR) is 83.0 cm³/mol. The van der Waals surface area contributed by atoms with Crippen LogP contribution in [0.1, 0.15) is 57.6 Å². The Kier molecular flexibility index (Phi) is 7.77. The number of aryl methyl sites for hydroxylation is 2. The van der Waals surface area contributed by atoms with Crippen molar-refractivity contribution in [3.63, 3.8) is 0 Å². The summed E-state index contributed by atoms with van der Waals surface area (Å²) in [5.74, 6) is 1.82. The molecule has 1 aromatic heterocycles. The molecule has 0 aliphatic rings. The van der Waals surface area contributed by atoms with E-state index in [2.05, 4.69) is 48.5 Å². The number of aliphatic imine (C=N–C) groups is 1. The van der Waals surface area contributed by atoms with Gasteiger partial charge in [0.1, 0.15) is 5.76 Å². The highest BCUT2D eigenvalue weighted by Gasteiger charge is 2.12. The van der Waals surface area contributed by atoms with E-state index in [1.165, 1.54) is 6.42 Å². The minimum Gasteiger partial charge on any atom is -0.361 e. The van der Waals surface area contributed by atoms with Gasteiger partial charge >= 0.3 is 0 Å². The topological polar surface area (TPSA) is 62.5 Å². The van der Waals surface area contributed by atoms with Gasteiger partial charge in [-0.3, -0.25) is 0 Å². The molecule has 0 aliphatic carbocycles. The lowest BCUT2D eigenvalue weighted by Crippen LogP contribution is -2.37. The van der Waals surface area contributed by atoms with Gasteiger partial charge in [-0.1, -0.05) is 32.3 Å². The lowest BCUT2D eigenvalue weighted by atomic mass is 10.1. The summed E-state index contributed by atoms with van der Waals surface area (Å²) >= 11 is 0. The van der Waals surface area contributed by atoms with Gasteiger partial charge in [0, 0.05) is 25.1 Å². The molecule has 1 aromatic rings. The molecule has 1 rings (SSSR count). The summed E-state index contributed by atoms with van der Waals surface area (Å²) < 4.78 is 5.37. The Morgan fingerprint density at radius 1 is 1.15 bits per heavy atom. The van der Waals surface area contributed by atoms with Crippen molar-refractivity contribution in [1.29, 1.82) is 0 Å². The van der Waals surface area contributed by atoms with Gasteiger partial charge in [-0.2, -0.15) is 0 Å². The smallest absolute Gasteiger partial charge is 0.191 e. The van der Waals surface area contributed by atoms with Crippen molar-refractivity contribution in [3.05, 3.63) is 17.0 Å². The third-order valence-corrected chi connectivity index (χ3v) is 3.17. The molecule has 0 unspecified atom stereocenters. The highest BCUT2D eigenvalue weighted by molar-refractivity contribution is 5.79. The highest BCUT2D eigenvalue weighted by Crippen LogP contribution is 2.16. The fourth-order valence-electron chi connectivity index (χ4n) is 2.00. The lowest BCUT2D eigenvalue weighted by molar-refractivity contribution is 0.380. The number of rotatable bonds is 8. The number of nitrogens with zero attached hydrogens (tertiary/aromatic N) is 2. The fourth-order valence-corrected chi connectivity index (χ4v) is 2.00. The maximum atomic E-state index is 5.37. The number of unbranched alkanes of at least 4 members (excludes halogenated alkanes) is 1. The van der Waals surface area contributed by atoms with Crippen molar-refractivity contribution in [2.45, 2.75) is 59.9 Å². The first-order chi connectivity index (χ1) is 9.76. The maximum Gasteiger partial charge on any atom is 0.191 e. The summed E-state index contributed by atoms with van der Waals surface area (Å²) in [7, 11) is 0. The average Bonchev–Trinajstić information content (AvgIpc) is 2.87. The van der Waals surface area contributed by atoms with E-state index >= 15 is 0 Å². The first kappa shape index (κ1) is 16.5. The maximum absolute atomic E-state index is 5.37. The van der Waals surface area contributed by atoms with E-state index in [-0.39, 0.29) is 0 Å². The number of nitrogens with one attached hydrogen (secondary N) is 2. The van der Waals surface area contributed by atoms with Crippen LogP contribution in [0.3, 0.4) is 0 Å². The minimum absolute atomic E-state index is 0.622. The second-order valence-corrected chi connectivity index (χ2v) is 4.71. The van der Waals surface area contributed by atoms with Crippen LogP contribution in [0.2, 0.25) is 0 Å². The van der Waals surface area contributed by atoms with E-state index in [1.807, 2.05) is 0 Å². The van der Waals surface area contributed by atoms with Gasteiger partial charge in [-0.25, -0.2) is 4.99 Å². The monoisotopic (exact) mass is 280 g/mol. The second kappa shape index (κ2) is 9.39. The molecule has 5 nitrogen and oxygen atoms in total. The third kappa shape index (κ3) is 4.87. The van der Waals surface area contributed by atoms with Crippen molar-refractivity contribution in [2.75, 3.05) is 13.1 Å². The number of hydrogen-bond acceptors (Lipinski definition) is 3. The minimum atomic E-state index is 0.622. The SMILES string of the molecule is CCCCNC(=NCc1c(CC)noc1CC)NCC. The zero-order valence-corrected chi connectivity index (χ0v) is 13.3. The van der Waals surface area contributed by atoms with Crippen LogP contribution in [0.15, 0.2) is 9.52 Å². The quantitative estimate of drug-likeness (QED) is 0.436. The molecular weight excluding hydrogens is 252 g/mol. The normalized spacial score (nSPS) is 11.7. The molecule has 0 spiro atoms. The molecule has 0 aliphatic heterocycles. The van der Waals surface area contributed by atoms with Crippen LogP contribution in [0.4, 0.5) is 0 Å². The van der Waals surface area contributed by atoms with Crippen molar-refractivity contribution in [3.8, 4) is 0 Å². The van der Waals surface area contributed by atoms with Gasteiger partial charge in [0.15, 0.2) is 5.96 Å². The van der Waals surface area contributed by atoms with Gasteiger partial charge in [0.05, 0.1) is 12.2 Å². The van der Waals surface area contributed by atoms with Crippen molar-refractivity contribution in [2.24, 2.45) is 4.99 Å². The second-order valence-electron chi connectivity index (χ2n) is 4.71. The Bertz CT molecular complexity index is 391. The summed E-state index contributed by atoms with van der Waals surface area (Å²) in [5, 5.41) is 10.7. The first-order valence-corrected chi connectivity index (χ1v) is 7.75. The summed E-state index contributed by atoms with van der Waals surface area (Å²) in [6, 6.07) is 0. The van der Waals surface area contributed by atoms with E-state index in [0.717, 1.165) is 55.3 Å². The zero-order valence-electron chi connectivity index (χ0n) is 13.3.